The van der Waals surface area contributed by atoms with Crippen LogP contribution >= 0.6 is 11.6 Å². The third-order valence-corrected chi connectivity index (χ3v) is 4.03. The van der Waals surface area contributed by atoms with E-state index >= 15 is 0 Å². The van der Waals surface area contributed by atoms with Crippen molar-refractivity contribution in [2.75, 3.05) is 0 Å². The quantitative estimate of drug-likeness (QED) is 0.793. The van der Waals surface area contributed by atoms with Crippen molar-refractivity contribution in [3.05, 3.63) is 51.8 Å². The number of hydrogen-bond donors (Lipinski definition) is 0. The summed E-state index contributed by atoms with van der Waals surface area (Å²) in [5.41, 5.74) is 3.53. The van der Waals surface area contributed by atoms with E-state index in [0.717, 1.165) is 11.4 Å². The Labute approximate surface area is 124 Å². The number of halogens is 1. The van der Waals surface area contributed by atoms with Gasteiger partial charge >= 0.3 is 0 Å². The number of rotatable bonds is 4. The van der Waals surface area contributed by atoms with E-state index in [1.54, 1.807) is 4.68 Å². The highest BCUT2D eigenvalue weighted by atomic mass is 35.5. The zero-order chi connectivity index (χ0) is 14.9. The van der Waals surface area contributed by atoms with Crippen molar-refractivity contribution in [3.63, 3.8) is 0 Å². The summed E-state index contributed by atoms with van der Waals surface area (Å²) in [5.74, 6) is 0.511. The molecule has 0 bridgehead atoms. The SMILES string of the molecule is Cc1nn(CC(=O)c2ccc(C(C)C)cc2)c(C)c1Cl. The lowest BCUT2D eigenvalue weighted by Gasteiger charge is -2.07. The van der Waals surface area contributed by atoms with Gasteiger partial charge in [0.25, 0.3) is 0 Å². The molecule has 0 fully saturated rings. The maximum absolute atomic E-state index is 12.3. The van der Waals surface area contributed by atoms with Crippen LogP contribution < -0.4 is 0 Å². The van der Waals surface area contributed by atoms with E-state index in [2.05, 4.69) is 18.9 Å². The first kappa shape index (κ1) is 14.8. The van der Waals surface area contributed by atoms with E-state index in [4.69, 9.17) is 11.6 Å². The minimum absolute atomic E-state index is 0.0440. The van der Waals surface area contributed by atoms with Crippen LogP contribution in [0, 0.1) is 13.8 Å². The molecule has 0 aliphatic heterocycles. The average molecular weight is 291 g/mol. The highest BCUT2D eigenvalue weighted by Gasteiger charge is 2.13. The summed E-state index contributed by atoms with van der Waals surface area (Å²) in [6.45, 7) is 8.20. The van der Waals surface area contributed by atoms with Gasteiger partial charge in [-0.3, -0.25) is 9.48 Å². The molecule has 0 radical (unpaired) electrons. The van der Waals surface area contributed by atoms with Crippen LogP contribution in [0.15, 0.2) is 24.3 Å². The van der Waals surface area contributed by atoms with Crippen LogP contribution in [0.1, 0.15) is 47.1 Å². The van der Waals surface area contributed by atoms with E-state index in [1.165, 1.54) is 5.56 Å². The van der Waals surface area contributed by atoms with E-state index in [9.17, 15) is 4.79 Å². The lowest BCUT2D eigenvalue weighted by molar-refractivity contribution is 0.0966. The van der Waals surface area contributed by atoms with E-state index in [0.29, 0.717) is 16.5 Å². The van der Waals surface area contributed by atoms with E-state index in [1.807, 2.05) is 38.1 Å². The second kappa shape index (κ2) is 5.80. The molecule has 0 aliphatic carbocycles. The van der Waals surface area contributed by atoms with Gasteiger partial charge in [-0.15, -0.1) is 0 Å². The number of nitrogens with zero attached hydrogens (tertiary/aromatic N) is 2. The summed E-state index contributed by atoms with van der Waals surface area (Å²) in [7, 11) is 0. The fourth-order valence-corrected chi connectivity index (χ4v) is 2.25. The van der Waals surface area contributed by atoms with Crippen molar-refractivity contribution in [3.8, 4) is 0 Å². The van der Waals surface area contributed by atoms with Crippen molar-refractivity contribution in [1.82, 2.24) is 9.78 Å². The van der Waals surface area contributed by atoms with Crippen LogP contribution in [-0.2, 0) is 6.54 Å². The Morgan fingerprint density at radius 3 is 2.30 bits per heavy atom. The summed E-state index contributed by atoms with van der Waals surface area (Å²) in [6.07, 6.45) is 0. The van der Waals surface area contributed by atoms with Crippen molar-refractivity contribution in [2.45, 2.75) is 40.2 Å². The Balaban J connectivity index is 2.17. The number of hydrogen-bond acceptors (Lipinski definition) is 2. The molecular formula is C16H19ClN2O. The molecule has 2 aromatic rings. The minimum atomic E-state index is 0.0440. The molecule has 0 amide bonds. The highest BCUT2D eigenvalue weighted by Crippen LogP contribution is 2.20. The van der Waals surface area contributed by atoms with Crippen molar-refractivity contribution < 1.29 is 4.79 Å². The largest absolute Gasteiger partial charge is 0.292 e. The number of aryl methyl sites for hydroxylation is 1. The number of ketones is 1. The first-order valence-electron chi connectivity index (χ1n) is 6.72. The van der Waals surface area contributed by atoms with Gasteiger partial charge in [0.15, 0.2) is 5.78 Å². The zero-order valence-corrected chi connectivity index (χ0v) is 13.0. The lowest BCUT2D eigenvalue weighted by Crippen LogP contribution is -2.13. The summed E-state index contributed by atoms with van der Waals surface area (Å²) < 4.78 is 1.66. The monoisotopic (exact) mass is 290 g/mol. The highest BCUT2D eigenvalue weighted by molar-refractivity contribution is 6.31. The molecule has 20 heavy (non-hydrogen) atoms. The molecule has 1 heterocycles. The lowest BCUT2D eigenvalue weighted by atomic mass is 10.0. The Kier molecular flexibility index (Phi) is 4.29. The van der Waals surface area contributed by atoms with Crippen LogP contribution in [0.4, 0.5) is 0 Å². The normalized spacial score (nSPS) is 11.1. The number of Topliss-reactive ketones (excluding diaryl/α,β-unsaturated/α-hetero) is 1. The fourth-order valence-electron chi connectivity index (χ4n) is 2.11. The molecule has 0 spiro atoms. The third kappa shape index (κ3) is 2.93. The van der Waals surface area contributed by atoms with Gasteiger partial charge in [0, 0.05) is 5.56 Å². The van der Waals surface area contributed by atoms with Crippen LogP contribution in [0.3, 0.4) is 0 Å². The van der Waals surface area contributed by atoms with Gasteiger partial charge in [0.1, 0.15) is 6.54 Å². The molecular weight excluding hydrogens is 272 g/mol. The Hall–Kier alpha value is -1.61. The molecule has 0 aliphatic rings. The zero-order valence-electron chi connectivity index (χ0n) is 12.3. The second-order valence-corrected chi connectivity index (χ2v) is 5.72. The maximum atomic E-state index is 12.3. The number of benzene rings is 1. The first-order valence-corrected chi connectivity index (χ1v) is 7.10. The number of carbonyl (C=O) groups is 1. The molecule has 0 atom stereocenters. The van der Waals surface area contributed by atoms with Crippen LogP contribution in [0.2, 0.25) is 5.02 Å². The van der Waals surface area contributed by atoms with Gasteiger partial charge in [0.05, 0.1) is 16.4 Å². The molecule has 3 nitrogen and oxygen atoms in total. The molecule has 0 saturated heterocycles. The number of carbonyl (C=O) groups excluding carboxylic acids is 1. The summed E-state index contributed by atoms with van der Waals surface area (Å²) in [5, 5.41) is 4.92. The summed E-state index contributed by atoms with van der Waals surface area (Å²) in [6, 6.07) is 7.77. The Morgan fingerprint density at radius 2 is 1.85 bits per heavy atom. The van der Waals surface area contributed by atoms with Crippen molar-refractivity contribution >= 4 is 17.4 Å². The van der Waals surface area contributed by atoms with Crippen LogP contribution in [0.25, 0.3) is 0 Å². The molecule has 1 aromatic heterocycles. The van der Waals surface area contributed by atoms with Gasteiger partial charge in [-0.25, -0.2) is 0 Å². The predicted molar refractivity (Wildman–Crippen MR) is 81.6 cm³/mol. The topological polar surface area (TPSA) is 34.9 Å². The molecule has 0 N–H and O–H groups in total. The summed E-state index contributed by atoms with van der Waals surface area (Å²) in [4.78, 5) is 12.3. The molecule has 0 saturated carbocycles. The van der Waals surface area contributed by atoms with Crippen molar-refractivity contribution in [1.29, 1.82) is 0 Å². The Bertz CT molecular complexity index is 627. The molecule has 106 valence electrons. The van der Waals surface area contributed by atoms with E-state index < -0.39 is 0 Å². The van der Waals surface area contributed by atoms with Gasteiger partial charge in [-0.1, -0.05) is 49.7 Å². The first-order chi connectivity index (χ1) is 9.40. The maximum Gasteiger partial charge on any atom is 0.184 e. The molecule has 0 unspecified atom stereocenters. The molecule has 1 aromatic carbocycles. The van der Waals surface area contributed by atoms with Crippen LogP contribution in [0.5, 0.6) is 0 Å². The van der Waals surface area contributed by atoms with Gasteiger partial charge in [0.2, 0.25) is 0 Å². The Morgan fingerprint density at radius 1 is 1.25 bits per heavy atom. The smallest absolute Gasteiger partial charge is 0.184 e. The standard InChI is InChI=1S/C16H19ClN2O/c1-10(2)13-5-7-14(8-6-13)15(20)9-19-12(4)16(17)11(3)18-19/h5-8,10H,9H2,1-4H3. The van der Waals surface area contributed by atoms with E-state index in [-0.39, 0.29) is 12.3 Å². The number of aromatic nitrogens is 2. The average Bonchev–Trinajstić information content (AvgIpc) is 2.66. The third-order valence-electron chi connectivity index (χ3n) is 3.49. The minimum Gasteiger partial charge on any atom is -0.292 e. The van der Waals surface area contributed by atoms with Gasteiger partial charge in [-0.05, 0) is 25.3 Å². The van der Waals surface area contributed by atoms with Crippen molar-refractivity contribution in [2.24, 2.45) is 0 Å². The molecule has 4 heteroatoms. The molecule has 2 rings (SSSR count). The summed E-state index contributed by atoms with van der Waals surface area (Å²) >= 11 is 6.09. The van der Waals surface area contributed by atoms with Gasteiger partial charge in [-0.2, -0.15) is 5.10 Å². The van der Waals surface area contributed by atoms with Gasteiger partial charge < -0.3 is 0 Å². The fraction of sp³-hybridized carbons (Fsp3) is 0.375. The van der Waals surface area contributed by atoms with Crippen LogP contribution in [-0.4, -0.2) is 15.6 Å². The predicted octanol–water partition coefficient (Wildman–Crippen LogP) is 4.16. The second-order valence-electron chi connectivity index (χ2n) is 5.34.